The zero-order valence-electron chi connectivity index (χ0n) is 13.1. The SMILES string of the molecule is COC1(C(Cc2ccc(C)cc2Cl)NN)CCCCCC1. The highest BCUT2D eigenvalue weighted by atomic mass is 35.5. The Labute approximate surface area is 133 Å². The van der Waals surface area contributed by atoms with Gasteiger partial charge in [-0.1, -0.05) is 49.4 Å². The number of ether oxygens (including phenoxy) is 1. The fraction of sp³-hybridized carbons (Fsp3) is 0.647. The maximum absolute atomic E-state index is 6.38. The second-order valence-electron chi connectivity index (χ2n) is 6.20. The van der Waals surface area contributed by atoms with E-state index in [1.807, 2.05) is 13.2 Å². The van der Waals surface area contributed by atoms with Crippen LogP contribution in [0.15, 0.2) is 18.2 Å². The molecular formula is C17H27ClN2O. The Bertz CT molecular complexity index is 456. The van der Waals surface area contributed by atoms with E-state index in [9.17, 15) is 0 Å². The molecule has 1 saturated carbocycles. The molecule has 21 heavy (non-hydrogen) atoms. The van der Waals surface area contributed by atoms with Crippen molar-refractivity contribution in [3.8, 4) is 0 Å². The zero-order chi connectivity index (χ0) is 15.3. The molecule has 1 aliphatic rings. The van der Waals surface area contributed by atoms with Crippen molar-refractivity contribution < 1.29 is 4.74 Å². The second-order valence-corrected chi connectivity index (χ2v) is 6.61. The third-order valence-electron chi connectivity index (χ3n) is 4.83. The van der Waals surface area contributed by atoms with Gasteiger partial charge in [0.05, 0.1) is 11.6 Å². The molecule has 0 amide bonds. The number of hydrazine groups is 1. The van der Waals surface area contributed by atoms with Crippen LogP contribution in [-0.4, -0.2) is 18.8 Å². The molecule has 4 heteroatoms. The smallest absolute Gasteiger partial charge is 0.0847 e. The minimum absolute atomic E-state index is 0.0841. The fourth-order valence-electron chi connectivity index (χ4n) is 3.46. The molecule has 1 aromatic rings. The van der Waals surface area contributed by atoms with Crippen LogP contribution in [0, 0.1) is 6.92 Å². The summed E-state index contributed by atoms with van der Waals surface area (Å²) in [6.45, 7) is 2.05. The summed E-state index contributed by atoms with van der Waals surface area (Å²) in [5, 5.41) is 0.815. The summed E-state index contributed by atoms with van der Waals surface area (Å²) >= 11 is 6.38. The number of hydrogen-bond acceptors (Lipinski definition) is 3. The van der Waals surface area contributed by atoms with Crippen LogP contribution in [-0.2, 0) is 11.2 Å². The van der Waals surface area contributed by atoms with Crippen LogP contribution < -0.4 is 11.3 Å². The third kappa shape index (κ3) is 3.98. The Morgan fingerprint density at radius 3 is 2.48 bits per heavy atom. The number of hydrogen-bond donors (Lipinski definition) is 2. The number of rotatable bonds is 5. The summed E-state index contributed by atoms with van der Waals surface area (Å²) in [4.78, 5) is 0. The molecule has 1 aliphatic carbocycles. The first-order valence-corrected chi connectivity index (χ1v) is 8.25. The number of halogens is 1. The molecule has 0 aliphatic heterocycles. The van der Waals surface area contributed by atoms with Gasteiger partial charge in [0.2, 0.25) is 0 Å². The minimum Gasteiger partial charge on any atom is -0.377 e. The fourth-order valence-corrected chi connectivity index (χ4v) is 3.77. The Morgan fingerprint density at radius 1 is 1.29 bits per heavy atom. The summed E-state index contributed by atoms with van der Waals surface area (Å²) in [5.41, 5.74) is 5.13. The van der Waals surface area contributed by atoms with Crippen LogP contribution in [0.5, 0.6) is 0 Å². The van der Waals surface area contributed by atoms with Crippen LogP contribution in [0.25, 0.3) is 0 Å². The molecule has 3 nitrogen and oxygen atoms in total. The number of aryl methyl sites for hydroxylation is 1. The lowest BCUT2D eigenvalue weighted by atomic mass is 9.83. The van der Waals surface area contributed by atoms with Crippen molar-refractivity contribution in [3.05, 3.63) is 34.3 Å². The van der Waals surface area contributed by atoms with Gasteiger partial charge in [-0.3, -0.25) is 11.3 Å². The standard InChI is InChI=1S/C17H27ClN2O/c1-13-7-8-14(15(18)11-13)12-16(20-19)17(21-2)9-5-3-4-6-10-17/h7-8,11,16,20H,3-6,9-10,12,19H2,1-2H3. The van der Waals surface area contributed by atoms with E-state index in [2.05, 4.69) is 24.5 Å². The summed E-state index contributed by atoms with van der Waals surface area (Å²) in [5.74, 6) is 5.87. The lowest BCUT2D eigenvalue weighted by molar-refractivity contribution is -0.0527. The predicted octanol–water partition coefficient (Wildman–Crippen LogP) is 3.76. The van der Waals surface area contributed by atoms with Crippen LogP contribution in [0.1, 0.15) is 49.7 Å². The number of benzene rings is 1. The summed E-state index contributed by atoms with van der Waals surface area (Å²) in [6, 6.07) is 6.29. The molecule has 0 saturated heterocycles. The summed E-state index contributed by atoms with van der Waals surface area (Å²) in [7, 11) is 1.81. The van der Waals surface area contributed by atoms with Crippen molar-refractivity contribution in [2.75, 3.05) is 7.11 Å². The van der Waals surface area contributed by atoms with Gasteiger partial charge < -0.3 is 4.74 Å². The van der Waals surface area contributed by atoms with E-state index < -0.39 is 0 Å². The zero-order valence-corrected chi connectivity index (χ0v) is 13.9. The van der Waals surface area contributed by atoms with Gasteiger partial charge >= 0.3 is 0 Å². The number of methoxy groups -OCH3 is 1. The number of nitrogens with two attached hydrogens (primary N) is 1. The van der Waals surface area contributed by atoms with Gasteiger partial charge in [0.1, 0.15) is 0 Å². The molecule has 0 radical (unpaired) electrons. The van der Waals surface area contributed by atoms with E-state index in [1.54, 1.807) is 0 Å². The van der Waals surface area contributed by atoms with Crippen molar-refractivity contribution in [2.24, 2.45) is 5.84 Å². The maximum Gasteiger partial charge on any atom is 0.0847 e. The highest BCUT2D eigenvalue weighted by molar-refractivity contribution is 6.31. The van der Waals surface area contributed by atoms with Crippen molar-refractivity contribution in [1.29, 1.82) is 0 Å². The molecule has 0 spiro atoms. The Kier molecular flexibility index (Phi) is 6.06. The first kappa shape index (κ1) is 16.8. The highest BCUT2D eigenvalue weighted by Gasteiger charge is 2.38. The molecule has 0 aromatic heterocycles. The lowest BCUT2D eigenvalue weighted by Gasteiger charge is -2.39. The monoisotopic (exact) mass is 310 g/mol. The average Bonchev–Trinajstić information content (AvgIpc) is 2.73. The summed E-state index contributed by atoms with van der Waals surface area (Å²) < 4.78 is 5.96. The van der Waals surface area contributed by atoms with Crippen LogP contribution in [0.3, 0.4) is 0 Å². The molecule has 0 heterocycles. The molecule has 2 rings (SSSR count). The summed E-state index contributed by atoms with van der Waals surface area (Å²) in [6.07, 6.45) is 7.88. The Balaban J connectivity index is 2.20. The van der Waals surface area contributed by atoms with Crippen molar-refractivity contribution in [2.45, 2.75) is 63.5 Å². The van der Waals surface area contributed by atoms with Crippen molar-refractivity contribution in [3.63, 3.8) is 0 Å². The first-order chi connectivity index (χ1) is 10.1. The number of nitrogens with one attached hydrogen (secondary N) is 1. The van der Waals surface area contributed by atoms with E-state index >= 15 is 0 Å². The topological polar surface area (TPSA) is 47.3 Å². The molecule has 0 bridgehead atoms. The van der Waals surface area contributed by atoms with Gasteiger partial charge in [0.15, 0.2) is 0 Å². The minimum atomic E-state index is -0.181. The first-order valence-electron chi connectivity index (χ1n) is 7.87. The van der Waals surface area contributed by atoms with Gasteiger partial charge in [0.25, 0.3) is 0 Å². The Morgan fingerprint density at radius 2 is 1.95 bits per heavy atom. The van der Waals surface area contributed by atoms with Crippen LogP contribution in [0.4, 0.5) is 0 Å². The second kappa shape index (κ2) is 7.59. The molecule has 1 atom stereocenters. The van der Waals surface area contributed by atoms with E-state index in [-0.39, 0.29) is 11.6 Å². The molecule has 118 valence electrons. The van der Waals surface area contributed by atoms with Crippen LogP contribution >= 0.6 is 11.6 Å². The molecular weight excluding hydrogens is 284 g/mol. The maximum atomic E-state index is 6.38. The van der Waals surface area contributed by atoms with Crippen molar-refractivity contribution >= 4 is 11.6 Å². The molecule has 3 N–H and O–H groups in total. The largest absolute Gasteiger partial charge is 0.377 e. The van der Waals surface area contributed by atoms with Gasteiger partial charge in [-0.25, -0.2) is 0 Å². The van der Waals surface area contributed by atoms with Crippen LogP contribution in [0.2, 0.25) is 5.02 Å². The Hall–Kier alpha value is -0.610. The molecule has 1 unspecified atom stereocenters. The normalized spacial score (nSPS) is 20.0. The predicted molar refractivity (Wildman–Crippen MR) is 88.4 cm³/mol. The lowest BCUT2D eigenvalue weighted by Crippen LogP contribution is -2.55. The molecule has 1 fully saturated rings. The quantitative estimate of drug-likeness (QED) is 0.494. The van der Waals surface area contributed by atoms with Gasteiger partial charge in [0, 0.05) is 12.1 Å². The highest BCUT2D eigenvalue weighted by Crippen LogP contribution is 2.35. The average molecular weight is 311 g/mol. The van der Waals surface area contributed by atoms with E-state index in [0.717, 1.165) is 29.8 Å². The van der Waals surface area contributed by atoms with E-state index in [1.165, 1.54) is 31.2 Å². The van der Waals surface area contributed by atoms with E-state index in [4.69, 9.17) is 22.2 Å². The van der Waals surface area contributed by atoms with Gasteiger partial charge in [-0.05, 0) is 43.4 Å². The van der Waals surface area contributed by atoms with Crippen molar-refractivity contribution in [1.82, 2.24) is 5.43 Å². The van der Waals surface area contributed by atoms with Gasteiger partial charge in [-0.15, -0.1) is 0 Å². The van der Waals surface area contributed by atoms with E-state index in [0.29, 0.717) is 0 Å². The third-order valence-corrected chi connectivity index (χ3v) is 5.18. The molecule has 1 aromatic carbocycles. The van der Waals surface area contributed by atoms with Gasteiger partial charge in [-0.2, -0.15) is 0 Å².